The van der Waals surface area contributed by atoms with Gasteiger partial charge < -0.3 is 14.2 Å². The number of hydrogen-bond acceptors (Lipinski definition) is 7. The van der Waals surface area contributed by atoms with E-state index >= 15 is 0 Å². The number of carbonyl (C=O) groups excluding carboxylic acids is 1. The van der Waals surface area contributed by atoms with E-state index in [0.29, 0.717) is 0 Å². The molecule has 0 aliphatic carbocycles. The van der Waals surface area contributed by atoms with Crippen molar-refractivity contribution < 1.29 is 23.9 Å². The summed E-state index contributed by atoms with van der Waals surface area (Å²) in [5, 5.41) is 20.3. The number of nitro groups is 1. The molecule has 0 saturated heterocycles. The van der Waals surface area contributed by atoms with Crippen molar-refractivity contribution in [2.75, 3.05) is 19.8 Å². The van der Waals surface area contributed by atoms with Gasteiger partial charge in [-0.2, -0.15) is 5.26 Å². The molecule has 0 bridgehead atoms. The van der Waals surface area contributed by atoms with Gasteiger partial charge in [0.15, 0.2) is 0 Å². The maximum atomic E-state index is 11.9. The van der Waals surface area contributed by atoms with Gasteiger partial charge in [-0.15, -0.1) is 0 Å². The number of carbonyl (C=O) groups is 1. The van der Waals surface area contributed by atoms with Crippen molar-refractivity contribution in [1.82, 2.24) is 0 Å². The molecule has 0 spiro atoms. The maximum Gasteiger partial charge on any atom is 0.348 e. The molecule has 8 heteroatoms. The van der Waals surface area contributed by atoms with Crippen molar-refractivity contribution in [3.63, 3.8) is 0 Å². The highest BCUT2D eigenvalue weighted by atomic mass is 16.6. The minimum absolute atomic E-state index is 0.104. The molecule has 0 atom stereocenters. The molecule has 0 N–H and O–H groups in total. The monoisotopic (exact) mass is 396 g/mol. The molecule has 0 aliphatic heterocycles. The standard InChI is InChI=1S/C21H20N2O6/c1-3-27-21(24)17(14-22)12-16-13-18(23(25)26)8-9-20(16)29-11-10-28-19-7-5-4-6-15(19)2/h4-9,12-13H,3,10-11H2,1-2H3/b17-12+. The van der Waals surface area contributed by atoms with Gasteiger partial charge in [-0.25, -0.2) is 4.79 Å². The fourth-order valence-corrected chi connectivity index (χ4v) is 2.42. The van der Waals surface area contributed by atoms with Crippen LogP contribution < -0.4 is 9.47 Å². The lowest BCUT2D eigenvalue weighted by Gasteiger charge is -2.12. The third-order valence-corrected chi connectivity index (χ3v) is 3.81. The van der Waals surface area contributed by atoms with Crippen LogP contribution in [0.25, 0.3) is 6.08 Å². The number of nitrogens with zero attached hydrogens (tertiary/aromatic N) is 2. The van der Waals surface area contributed by atoms with Gasteiger partial charge in [0.2, 0.25) is 0 Å². The number of esters is 1. The number of rotatable bonds is 9. The molecule has 0 fully saturated rings. The van der Waals surface area contributed by atoms with Crippen LogP contribution in [0.1, 0.15) is 18.1 Å². The van der Waals surface area contributed by atoms with Crippen LogP contribution in [0, 0.1) is 28.4 Å². The Morgan fingerprint density at radius 1 is 1.17 bits per heavy atom. The van der Waals surface area contributed by atoms with E-state index in [1.54, 1.807) is 13.0 Å². The Bertz CT molecular complexity index is 962. The van der Waals surface area contributed by atoms with Gasteiger partial charge in [0.25, 0.3) is 5.69 Å². The van der Waals surface area contributed by atoms with Gasteiger partial charge in [-0.05, 0) is 37.6 Å². The number of non-ortho nitro benzene ring substituents is 1. The molecule has 0 heterocycles. The van der Waals surface area contributed by atoms with Crippen LogP contribution in [0.2, 0.25) is 0 Å². The van der Waals surface area contributed by atoms with Crippen molar-refractivity contribution in [3.05, 3.63) is 69.3 Å². The molecular weight excluding hydrogens is 376 g/mol. The average Bonchev–Trinajstić information content (AvgIpc) is 2.71. The van der Waals surface area contributed by atoms with E-state index in [-0.39, 0.29) is 42.4 Å². The smallest absolute Gasteiger partial charge is 0.348 e. The number of hydrogen-bond donors (Lipinski definition) is 0. The largest absolute Gasteiger partial charge is 0.490 e. The highest BCUT2D eigenvalue weighted by Gasteiger charge is 2.15. The lowest BCUT2D eigenvalue weighted by Crippen LogP contribution is -2.10. The van der Waals surface area contributed by atoms with E-state index in [1.807, 2.05) is 31.2 Å². The third-order valence-electron chi connectivity index (χ3n) is 3.81. The summed E-state index contributed by atoms with van der Waals surface area (Å²) in [5.74, 6) is 0.199. The van der Waals surface area contributed by atoms with Gasteiger partial charge in [0.1, 0.15) is 36.4 Å². The molecule has 29 heavy (non-hydrogen) atoms. The fraction of sp³-hybridized carbons (Fsp3) is 0.238. The third kappa shape index (κ3) is 6.07. The molecule has 2 rings (SSSR count). The molecule has 0 aromatic heterocycles. The summed E-state index contributed by atoms with van der Waals surface area (Å²) < 4.78 is 16.1. The summed E-state index contributed by atoms with van der Waals surface area (Å²) in [6.45, 7) is 4.05. The molecule has 0 radical (unpaired) electrons. The van der Waals surface area contributed by atoms with Crippen molar-refractivity contribution >= 4 is 17.7 Å². The quantitative estimate of drug-likeness (QED) is 0.158. The zero-order valence-electron chi connectivity index (χ0n) is 16.1. The van der Waals surface area contributed by atoms with Crippen molar-refractivity contribution in [3.8, 4) is 17.6 Å². The Morgan fingerprint density at radius 2 is 1.86 bits per heavy atom. The molecule has 0 saturated carbocycles. The van der Waals surface area contributed by atoms with E-state index in [1.165, 1.54) is 24.3 Å². The Morgan fingerprint density at radius 3 is 2.48 bits per heavy atom. The molecule has 0 amide bonds. The van der Waals surface area contributed by atoms with Gasteiger partial charge in [-0.1, -0.05) is 18.2 Å². The Balaban J connectivity index is 2.18. The summed E-state index contributed by atoms with van der Waals surface area (Å²) in [4.78, 5) is 22.4. The van der Waals surface area contributed by atoms with Gasteiger partial charge in [0.05, 0.1) is 11.5 Å². The second-order valence-corrected chi connectivity index (χ2v) is 5.83. The normalized spacial score (nSPS) is 10.7. The van der Waals surface area contributed by atoms with Crippen LogP contribution >= 0.6 is 0 Å². The van der Waals surface area contributed by atoms with E-state index < -0.39 is 10.9 Å². The Hall–Kier alpha value is -3.86. The molecule has 0 aliphatic rings. The first-order valence-corrected chi connectivity index (χ1v) is 8.84. The van der Waals surface area contributed by atoms with E-state index in [0.717, 1.165) is 11.3 Å². The summed E-state index contributed by atoms with van der Waals surface area (Å²) in [7, 11) is 0. The summed E-state index contributed by atoms with van der Waals surface area (Å²) in [5.41, 5.74) is 0.730. The van der Waals surface area contributed by atoms with E-state index in [2.05, 4.69) is 0 Å². The highest BCUT2D eigenvalue weighted by molar-refractivity contribution is 5.98. The lowest BCUT2D eigenvalue weighted by atomic mass is 10.1. The molecule has 8 nitrogen and oxygen atoms in total. The lowest BCUT2D eigenvalue weighted by molar-refractivity contribution is -0.384. The van der Waals surface area contributed by atoms with Crippen LogP contribution in [0.3, 0.4) is 0 Å². The number of aryl methyl sites for hydroxylation is 1. The highest BCUT2D eigenvalue weighted by Crippen LogP contribution is 2.27. The molecule has 0 unspecified atom stereocenters. The molecule has 2 aromatic carbocycles. The first-order valence-electron chi connectivity index (χ1n) is 8.84. The van der Waals surface area contributed by atoms with Crippen molar-refractivity contribution in [2.24, 2.45) is 0 Å². The SMILES string of the molecule is CCOC(=O)/C(C#N)=C/c1cc([N+](=O)[O-])ccc1OCCOc1ccccc1C. The topological polar surface area (TPSA) is 112 Å². The number of ether oxygens (including phenoxy) is 3. The minimum Gasteiger partial charge on any atom is -0.490 e. The van der Waals surface area contributed by atoms with Crippen molar-refractivity contribution in [1.29, 1.82) is 5.26 Å². The van der Waals surface area contributed by atoms with Crippen LogP contribution in [0.5, 0.6) is 11.5 Å². The Labute approximate surface area is 168 Å². The number of nitro benzene ring substituents is 1. The zero-order chi connectivity index (χ0) is 21.2. The van der Waals surface area contributed by atoms with Crippen LogP contribution in [0.4, 0.5) is 5.69 Å². The second kappa shape index (κ2) is 10.5. The van der Waals surface area contributed by atoms with Crippen LogP contribution in [-0.4, -0.2) is 30.7 Å². The zero-order valence-corrected chi connectivity index (χ0v) is 16.1. The average molecular weight is 396 g/mol. The molecular formula is C21H20N2O6. The second-order valence-electron chi connectivity index (χ2n) is 5.83. The fourth-order valence-electron chi connectivity index (χ4n) is 2.42. The predicted octanol–water partition coefficient (Wildman–Crippen LogP) is 3.83. The minimum atomic E-state index is -0.810. The predicted molar refractivity (Wildman–Crippen MR) is 105 cm³/mol. The van der Waals surface area contributed by atoms with E-state index in [9.17, 15) is 20.2 Å². The molecule has 2 aromatic rings. The first kappa shape index (κ1) is 21.4. The number of benzene rings is 2. The van der Waals surface area contributed by atoms with Crippen LogP contribution in [-0.2, 0) is 9.53 Å². The van der Waals surface area contributed by atoms with E-state index in [4.69, 9.17) is 14.2 Å². The summed E-state index contributed by atoms with van der Waals surface area (Å²) in [6, 6.07) is 13.2. The number of para-hydroxylation sites is 1. The van der Waals surface area contributed by atoms with Gasteiger partial charge >= 0.3 is 5.97 Å². The first-order chi connectivity index (χ1) is 14.0. The Kier molecular flexibility index (Phi) is 7.74. The van der Waals surface area contributed by atoms with Gasteiger partial charge in [-0.3, -0.25) is 10.1 Å². The van der Waals surface area contributed by atoms with Crippen molar-refractivity contribution in [2.45, 2.75) is 13.8 Å². The molecule has 150 valence electrons. The number of nitriles is 1. The maximum absolute atomic E-state index is 11.9. The summed E-state index contributed by atoms with van der Waals surface area (Å²) in [6.07, 6.45) is 1.21. The van der Waals surface area contributed by atoms with Gasteiger partial charge in [0, 0.05) is 17.7 Å². The summed E-state index contributed by atoms with van der Waals surface area (Å²) >= 11 is 0. The van der Waals surface area contributed by atoms with Crippen LogP contribution in [0.15, 0.2) is 48.0 Å².